The van der Waals surface area contributed by atoms with Crippen LogP contribution in [0.2, 0.25) is 0 Å². The van der Waals surface area contributed by atoms with Crippen molar-refractivity contribution in [2.24, 2.45) is 0 Å². The molecule has 84 valence electrons. The Hall–Kier alpha value is -0.930. The Labute approximate surface area is 91.9 Å². The zero-order chi connectivity index (χ0) is 10.8. The topological polar surface area (TPSA) is 34.1 Å². The Bertz CT molecular complexity index is 239. The lowest BCUT2D eigenvalue weighted by Gasteiger charge is -2.04. The summed E-state index contributed by atoms with van der Waals surface area (Å²) in [5.74, 6) is 0. The molecule has 1 aromatic rings. The molecule has 1 heterocycles. The van der Waals surface area contributed by atoms with Crippen molar-refractivity contribution in [1.82, 2.24) is 10.3 Å². The summed E-state index contributed by atoms with van der Waals surface area (Å²) in [4.78, 5) is 3.98. The molecule has 0 aliphatic rings. The lowest BCUT2D eigenvalue weighted by atomic mass is 10.2. The second-order valence-corrected chi connectivity index (χ2v) is 3.59. The van der Waals surface area contributed by atoms with Crippen LogP contribution in [0.25, 0.3) is 0 Å². The average molecular weight is 208 g/mol. The first-order valence-corrected chi connectivity index (χ1v) is 5.52. The highest BCUT2D eigenvalue weighted by molar-refractivity contribution is 5.08. The Kier molecular flexibility index (Phi) is 6.79. The predicted octanol–water partition coefficient (Wildman–Crippen LogP) is 1.99. The van der Waals surface area contributed by atoms with E-state index in [-0.39, 0.29) is 0 Å². The van der Waals surface area contributed by atoms with E-state index in [4.69, 9.17) is 4.74 Å². The van der Waals surface area contributed by atoms with E-state index in [9.17, 15) is 0 Å². The third-order valence-electron chi connectivity index (χ3n) is 2.28. The molecule has 0 saturated heterocycles. The third kappa shape index (κ3) is 6.20. The van der Waals surface area contributed by atoms with E-state index in [0.717, 1.165) is 26.1 Å². The minimum absolute atomic E-state index is 0.879. The number of hydrogen-bond acceptors (Lipinski definition) is 3. The highest BCUT2D eigenvalue weighted by Gasteiger charge is 1.91. The van der Waals surface area contributed by atoms with Gasteiger partial charge in [0.2, 0.25) is 0 Å². The van der Waals surface area contributed by atoms with E-state index in [1.165, 1.54) is 18.4 Å². The van der Waals surface area contributed by atoms with Crippen molar-refractivity contribution >= 4 is 0 Å². The fourth-order valence-electron chi connectivity index (χ4n) is 1.41. The zero-order valence-electron chi connectivity index (χ0n) is 9.41. The van der Waals surface area contributed by atoms with Crippen LogP contribution in [0.1, 0.15) is 24.8 Å². The largest absolute Gasteiger partial charge is 0.385 e. The smallest absolute Gasteiger partial charge is 0.0462 e. The van der Waals surface area contributed by atoms with Crippen molar-refractivity contribution in [2.75, 3.05) is 20.3 Å². The minimum atomic E-state index is 0.879. The number of unbranched alkanes of at least 4 members (excludes halogenated alkanes) is 2. The first-order chi connectivity index (χ1) is 7.43. The van der Waals surface area contributed by atoms with Crippen molar-refractivity contribution < 1.29 is 4.74 Å². The fraction of sp³-hybridized carbons (Fsp3) is 0.583. The fourth-order valence-corrected chi connectivity index (χ4v) is 1.41. The molecule has 3 nitrogen and oxygen atoms in total. The number of aromatic nitrogens is 1. The quantitative estimate of drug-likeness (QED) is 0.663. The van der Waals surface area contributed by atoms with Crippen LogP contribution in [0.3, 0.4) is 0 Å². The van der Waals surface area contributed by atoms with Gasteiger partial charge >= 0.3 is 0 Å². The lowest BCUT2D eigenvalue weighted by Crippen LogP contribution is -2.14. The summed E-state index contributed by atoms with van der Waals surface area (Å²) in [6.45, 7) is 2.89. The molecule has 0 unspecified atom stereocenters. The van der Waals surface area contributed by atoms with Crippen molar-refractivity contribution in [3.8, 4) is 0 Å². The third-order valence-corrected chi connectivity index (χ3v) is 2.28. The summed E-state index contributed by atoms with van der Waals surface area (Å²) in [6.07, 6.45) is 7.27. The van der Waals surface area contributed by atoms with Gasteiger partial charge in [-0.1, -0.05) is 0 Å². The molecule has 0 atom stereocenters. The van der Waals surface area contributed by atoms with Crippen LogP contribution in [-0.2, 0) is 11.3 Å². The van der Waals surface area contributed by atoms with Gasteiger partial charge in [0.15, 0.2) is 0 Å². The first kappa shape index (κ1) is 12.1. The van der Waals surface area contributed by atoms with E-state index in [1.807, 2.05) is 24.5 Å². The second-order valence-electron chi connectivity index (χ2n) is 3.59. The number of rotatable bonds is 8. The van der Waals surface area contributed by atoms with Gasteiger partial charge in [-0.3, -0.25) is 4.98 Å². The SMILES string of the molecule is COCCCCCNCc1ccncc1. The van der Waals surface area contributed by atoms with Gasteiger partial charge in [0.25, 0.3) is 0 Å². The van der Waals surface area contributed by atoms with Crippen LogP contribution < -0.4 is 5.32 Å². The highest BCUT2D eigenvalue weighted by Crippen LogP contribution is 1.97. The van der Waals surface area contributed by atoms with E-state index < -0.39 is 0 Å². The summed E-state index contributed by atoms with van der Waals surface area (Å²) in [7, 11) is 1.75. The van der Waals surface area contributed by atoms with Crippen LogP contribution >= 0.6 is 0 Å². The number of methoxy groups -OCH3 is 1. The molecule has 0 radical (unpaired) electrons. The summed E-state index contributed by atoms with van der Waals surface area (Å²) in [6, 6.07) is 4.08. The normalized spacial score (nSPS) is 10.5. The predicted molar refractivity (Wildman–Crippen MR) is 61.7 cm³/mol. The van der Waals surface area contributed by atoms with Crippen LogP contribution in [0.5, 0.6) is 0 Å². The number of ether oxygens (including phenoxy) is 1. The van der Waals surface area contributed by atoms with Crippen LogP contribution in [-0.4, -0.2) is 25.2 Å². The molecule has 15 heavy (non-hydrogen) atoms. The van der Waals surface area contributed by atoms with Gasteiger partial charge in [-0.05, 0) is 43.5 Å². The van der Waals surface area contributed by atoms with Crippen molar-refractivity contribution in [1.29, 1.82) is 0 Å². The minimum Gasteiger partial charge on any atom is -0.385 e. The number of hydrogen-bond donors (Lipinski definition) is 1. The first-order valence-electron chi connectivity index (χ1n) is 5.52. The molecule has 3 heteroatoms. The number of nitrogens with one attached hydrogen (secondary N) is 1. The van der Waals surface area contributed by atoms with Crippen LogP contribution in [0, 0.1) is 0 Å². The van der Waals surface area contributed by atoms with Crippen molar-refractivity contribution in [3.05, 3.63) is 30.1 Å². The molecule has 0 spiro atoms. The second kappa shape index (κ2) is 8.38. The van der Waals surface area contributed by atoms with Gasteiger partial charge in [0.1, 0.15) is 0 Å². The Morgan fingerprint density at radius 3 is 2.73 bits per heavy atom. The summed E-state index contributed by atoms with van der Waals surface area (Å²) in [5.41, 5.74) is 1.29. The van der Waals surface area contributed by atoms with Crippen molar-refractivity contribution in [3.63, 3.8) is 0 Å². The molecular weight excluding hydrogens is 188 g/mol. The van der Waals surface area contributed by atoms with Gasteiger partial charge in [0.05, 0.1) is 0 Å². The maximum atomic E-state index is 4.99. The molecule has 0 amide bonds. The van der Waals surface area contributed by atoms with E-state index in [1.54, 1.807) is 7.11 Å². The van der Waals surface area contributed by atoms with Gasteiger partial charge in [-0.2, -0.15) is 0 Å². The monoisotopic (exact) mass is 208 g/mol. The zero-order valence-corrected chi connectivity index (χ0v) is 9.41. The molecule has 0 aliphatic heterocycles. The Balaban J connectivity index is 1.93. The standard InChI is InChI=1S/C12H20N2O/c1-15-10-4-2-3-7-14-11-12-5-8-13-9-6-12/h5-6,8-9,14H,2-4,7,10-11H2,1H3. The Morgan fingerprint density at radius 2 is 2.00 bits per heavy atom. The highest BCUT2D eigenvalue weighted by atomic mass is 16.5. The van der Waals surface area contributed by atoms with Crippen LogP contribution in [0.15, 0.2) is 24.5 Å². The van der Waals surface area contributed by atoms with Crippen LogP contribution in [0.4, 0.5) is 0 Å². The molecule has 1 rings (SSSR count). The van der Waals surface area contributed by atoms with E-state index >= 15 is 0 Å². The number of nitrogens with zero attached hydrogens (tertiary/aromatic N) is 1. The average Bonchev–Trinajstić information content (AvgIpc) is 2.29. The molecule has 0 aromatic carbocycles. The van der Waals surface area contributed by atoms with Gasteiger partial charge < -0.3 is 10.1 Å². The number of pyridine rings is 1. The summed E-state index contributed by atoms with van der Waals surface area (Å²) in [5, 5.41) is 3.41. The van der Waals surface area contributed by atoms with Gasteiger partial charge in [-0.15, -0.1) is 0 Å². The molecule has 1 N–H and O–H groups in total. The Morgan fingerprint density at radius 1 is 1.20 bits per heavy atom. The maximum absolute atomic E-state index is 4.99. The molecule has 0 bridgehead atoms. The summed E-state index contributed by atoms with van der Waals surface area (Å²) < 4.78 is 4.99. The summed E-state index contributed by atoms with van der Waals surface area (Å²) >= 11 is 0. The lowest BCUT2D eigenvalue weighted by molar-refractivity contribution is 0.192. The molecule has 0 saturated carbocycles. The van der Waals surface area contributed by atoms with Gasteiger partial charge in [0, 0.05) is 32.7 Å². The molecule has 0 aliphatic carbocycles. The molecule has 0 fully saturated rings. The molecular formula is C12H20N2O. The molecule has 1 aromatic heterocycles. The van der Waals surface area contributed by atoms with Gasteiger partial charge in [-0.25, -0.2) is 0 Å². The van der Waals surface area contributed by atoms with Crippen molar-refractivity contribution in [2.45, 2.75) is 25.8 Å². The van der Waals surface area contributed by atoms with E-state index in [0.29, 0.717) is 0 Å². The maximum Gasteiger partial charge on any atom is 0.0462 e. The van der Waals surface area contributed by atoms with E-state index in [2.05, 4.69) is 10.3 Å².